The Morgan fingerprint density at radius 2 is 1.95 bits per heavy atom. The molecule has 1 aromatic carbocycles. The minimum atomic E-state index is -3.51. The normalized spacial score (nSPS) is 11.5. The van der Waals surface area contributed by atoms with E-state index in [1.165, 1.54) is 13.0 Å². The zero-order valence-corrected chi connectivity index (χ0v) is 12.7. The quantitative estimate of drug-likeness (QED) is 0.911. The van der Waals surface area contributed by atoms with Crippen molar-refractivity contribution >= 4 is 27.4 Å². The van der Waals surface area contributed by atoms with Crippen LogP contribution in [0.3, 0.4) is 0 Å². The van der Waals surface area contributed by atoms with Crippen molar-refractivity contribution < 1.29 is 22.7 Å². The molecule has 0 fully saturated rings. The van der Waals surface area contributed by atoms with Crippen molar-refractivity contribution in [3.05, 3.63) is 58.0 Å². The van der Waals surface area contributed by atoms with Gasteiger partial charge < -0.3 is 9.52 Å². The Morgan fingerprint density at radius 3 is 2.52 bits per heavy atom. The predicted octanol–water partition coefficient (Wildman–Crippen LogP) is 3.05. The molecule has 0 atom stereocenters. The van der Waals surface area contributed by atoms with E-state index in [0.29, 0.717) is 10.6 Å². The van der Waals surface area contributed by atoms with Gasteiger partial charge in [0, 0.05) is 5.02 Å². The minimum Gasteiger partial charge on any atom is -0.478 e. The number of aromatic carboxylic acids is 1. The van der Waals surface area contributed by atoms with Crippen molar-refractivity contribution in [2.45, 2.75) is 18.4 Å². The van der Waals surface area contributed by atoms with Gasteiger partial charge in [-0.1, -0.05) is 29.8 Å². The molecule has 0 saturated heterocycles. The molecule has 0 radical (unpaired) electrons. The van der Waals surface area contributed by atoms with Crippen LogP contribution >= 0.6 is 11.6 Å². The third-order valence-electron chi connectivity index (χ3n) is 2.89. The van der Waals surface area contributed by atoms with Gasteiger partial charge in [0.25, 0.3) is 0 Å². The standard InChI is InChI=1S/C14H13ClO5S/c1-9-12(14(16)17)6-11(20-9)8-21(18,19)7-10-4-2-3-5-13(10)15/h2-6H,7-8H2,1H3,(H,16,17). The first kappa shape index (κ1) is 15.6. The maximum atomic E-state index is 12.1. The number of hydrogen-bond acceptors (Lipinski definition) is 4. The van der Waals surface area contributed by atoms with Gasteiger partial charge >= 0.3 is 5.97 Å². The summed E-state index contributed by atoms with van der Waals surface area (Å²) in [5, 5.41) is 9.30. The van der Waals surface area contributed by atoms with Gasteiger partial charge in [-0.3, -0.25) is 0 Å². The Balaban J connectivity index is 2.20. The Bertz CT molecular complexity index is 776. The largest absolute Gasteiger partial charge is 0.478 e. The number of rotatable bonds is 5. The van der Waals surface area contributed by atoms with Crippen molar-refractivity contribution in [2.75, 3.05) is 0 Å². The van der Waals surface area contributed by atoms with E-state index in [0.717, 1.165) is 0 Å². The summed E-state index contributed by atoms with van der Waals surface area (Å²) in [5.41, 5.74) is 0.471. The number of carbonyl (C=O) groups is 1. The zero-order chi connectivity index (χ0) is 15.6. The van der Waals surface area contributed by atoms with Crippen LogP contribution in [0.5, 0.6) is 0 Å². The summed E-state index contributed by atoms with van der Waals surface area (Å²) >= 11 is 5.94. The minimum absolute atomic E-state index is 0.0297. The first-order valence-corrected chi connectivity index (χ1v) is 8.25. The molecule has 0 aliphatic rings. The number of aryl methyl sites for hydroxylation is 1. The van der Waals surface area contributed by atoms with E-state index in [9.17, 15) is 13.2 Å². The fraction of sp³-hybridized carbons (Fsp3) is 0.214. The van der Waals surface area contributed by atoms with Crippen LogP contribution in [0, 0.1) is 6.92 Å². The van der Waals surface area contributed by atoms with Crippen molar-refractivity contribution in [2.24, 2.45) is 0 Å². The second-order valence-electron chi connectivity index (χ2n) is 4.61. The summed E-state index contributed by atoms with van der Waals surface area (Å²) in [6.45, 7) is 1.48. The molecule has 0 saturated carbocycles. The van der Waals surface area contributed by atoms with Gasteiger partial charge in [-0.05, 0) is 24.6 Å². The Kier molecular flexibility index (Phi) is 4.39. The molecule has 0 spiro atoms. The molecule has 1 N–H and O–H groups in total. The van der Waals surface area contributed by atoms with Crippen LogP contribution in [-0.2, 0) is 21.3 Å². The third kappa shape index (κ3) is 3.86. The number of furan rings is 1. The van der Waals surface area contributed by atoms with E-state index in [4.69, 9.17) is 21.1 Å². The van der Waals surface area contributed by atoms with Crippen LogP contribution < -0.4 is 0 Å². The second kappa shape index (κ2) is 5.91. The number of carboxylic acid groups (broad SMARTS) is 1. The van der Waals surface area contributed by atoms with E-state index in [1.54, 1.807) is 24.3 Å². The molecule has 2 rings (SSSR count). The first-order chi connectivity index (χ1) is 9.78. The maximum absolute atomic E-state index is 12.1. The van der Waals surface area contributed by atoms with Crippen LogP contribution in [-0.4, -0.2) is 19.5 Å². The van der Waals surface area contributed by atoms with Crippen molar-refractivity contribution in [1.82, 2.24) is 0 Å². The summed E-state index contributed by atoms with van der Waals surface area (Å²) in [7, 11) is -3.51. The number of hydrogen-bond donors (Lipinski definition) is 1. The maximum Gasteiger partial charge on any atom is 0.339 e. The number of benzene rings is 1. The molecular weight excluding hydrogens is 316 g/mol. The van der Waals surface area contributed by atoms with Crippen LogP contribution in [0.4, 0.5) is 0 Å². The molecule has 2 aromatic rings. The van der Waals surface area contributed by atoms with Crippen molar-refractivity contribution in [3.8, 4) is 0 Å². The topological polar surface area (TPSA) is 84.6 Å². The number of sulfone groups is 1. The Morgan fingerprint density at radius 1 is 1.29 bits per heavy atom. The Hall–Kier alpha value is -1.79. The zero-order valence-electron chi connectivity index (χ0n) is 11.2. The monoisotopic (exact) mass is 328 g/mol. The summed E-state index contributed by atoms with van der Waals surface area (Å²) in [5.74, 6) is -1.45. The van der Waals surface area contributed by atoms with Crippen LogP contribution in [0.1, 0.15) is 27.4 Å². The summed E-state index contributed by atoms with van der Waals surface area (Å²) in [4.78, 5) is 10.9. The molecule has 0 aliphatic carbocycles. The number of halogens is 1. The summed E-state index contributed by atoms with van der Waals surface area (Å²) in [6, 6.07) is 7.91. The van der Waals surface area contributed by atoms with Crippen LogP contribution in [0.25, 0.3) is 0 Å². The molecule has 0 bridgehead atoms. The second-order valence-corrected chi connectivity index (χ2v) is 7.08. The van der Waals surface area contributed by atoms with Gasteiger partial charge in [0.15, 0.2) is 9.84 Å². The summed E-state index contributed by atoms with van der Waals surface area (Å²) in [6.07, 6.45) is 0. The average molecular weight is 329 g/mol. The van der Waals surface area contributed by atoms with E-state index >= 15 is 0 Å². The average Bonchev–Trinajstić information content (AvgIpc) is 2.72. The molecule has 1 aromatic heterocycles. The highest BCUT2D eigenvalue weighted by Gasteiger charge is 2.20. The van der Waals surface area contributed by atoms with E-state index in [1.807, 2.05) is 0 Å². The first-order valence-electron chi connectivity index (χ1n) is 6.05. The van der Waals surface area contributed by atoms with Crippen LogP contribution in [0.15, 0.2) is 34.7 Å². The number of carboxylic acids is 1. The third-order valence-corrected chi connectivity index (χ3v) is 4.74. The van der Waals surface area contributed by atoms with E-state index in [-0.39, 0.29) is 28.6 Å². The lowest BCUT2D eigenvalue weighted by Gasteiger charge is -2.04. The summed E-state index contributed by atoms with van der Waals surface area (Å²) < 4.78 is 29.5. The predicted molar refractivity (Wildman–Crippen MR) is 78.2 cm³/mol. The highest BCUT2D eigenvalue weighted by atomic mass is 35.5. The molecular formula is C14H13ClO5S. The van der Waals surface area contributed by atoms with Gasteiger partial charge in [-0.15, -0.1) is 0 Å². The molecule has 5 nitrogen and oxygen atoms in total. The Labute approximate surface area is 127 Å². The molecule has 21 heavy (non-hydrogen) atoms. The van der Waals surface area contributed by atoms with Crippen molar-refractivity contribution in [3.63, 3.8) is 0 Å². The lowest BCUT2D eigenvalue weighted by molar-refractivity contribution is 0.0695. The van der Waals surface area contributed by atoms with Gasteiger partial charge in [-0.2, -0.15) is 0 Å². The van der Waals surface area contributed by atoms with Gasteiger partial charge in [0.2, 0.25) is 0 Å². The molecule has 0 aliphatic heterocycles. The van der Waals surface area contributed by atoms with Gasteiger partial charge in [-0.25, -0.2) is 13.2 Å². The van der Waals surface area contributed by atoms with E-state index in [2.05, 4.69) is 0 Å². The molecule has 7 heteroatoms. The lowest BCUT2D eigenvalue weighted by atomic mass is 10.2. The molecule has 0 amide bonds. The molecule has 0 unspecified atom stereocenters. The van der Waals surface area contributed by atoms with Gasteiger partial charge in [0.05, 0.1) is 5.75 Å². The lowest BCUT2D eigenvalue weighted by Crippen LogP contribution is -2.07. The van der Waals surface area contributed by atoms with E-state index < -0.39 is 15.8 Å². The molecule has 112 valence electrons. The highest BCUT2D eigenvalue weighted by molar-refractivity contribution is 7.89. The van der Waals surface area contributed by atoms with Crippen molar-refractivity contribution in [1.29, 1.82) is 0 Å². The smallest absolute Gasteiger partial charge is 0.339 e. The fourth-order valence-corrected chi connectivity index (χ4v) is 3.63. The molecule has 1 heterocycles. The highest BCUT2D eigenvalue weighted by Crippen LogP contribution is 2.22. The van der Waals surface area contributed by atoms with Gasteiger partial charge in [0.1, 0.15) is 22.8 Å². The fourth-order valence-electron chi connectivity index (χ4n) is 1.95. The SMILES string of the molecule is Cc1oc(CS(=O)(=O)Cc2ccccc2Cl)cc1C(=O)O. The van der Waals surface area contributed by atoms with Crippen LogP contribution in [0.2, 0.25) is 5.02 Å².